The highest BCUT2D eigenvalue weighted by molar-refractivity contribution is 5.92. The summed E-state index contributed by atoms with van der Waals surface area (Å²) in [5.74, 6) is 1.08. The lowest BCUT2D eigenvalue weighted by molar-refractivity contribution is -0.146. The predicted octanol–water partition coefficient (Wildman–Crippen LogP) is 0.985. The molecule has 1 aromatic rings. The van der Waals surface area contributed by atoms with Crippen molar-refractivity contribution in [2.24, 2.45) is 17.8 Å². The van der Waals surface area contributed by atoms with Crippen LogP contribution < -0.4 is 0 Å². The summed E-state index contributed by atoms with van der Waals surface area (Å²) in [6.45, 7) is 3.17. The van der Waals surface area contributed by atoms with E-state index in [-0.39, 0.29) is 23.7 Å². The molecule has 1 aliphatic heterocycles. The molecule has 1 saturated heterocycles. The molecule has 142 valence electrons. The van der Waals surface area contributed by atoms with Crippen LogP contribution in [-0.4, -0.2) is 83.8 Å². The summed E-state index contributed by atoms with van der Waals surface area (Å²) in [6, 6.07) is 0. The summed E-state index contributed by atoms with van der Waals surface area (Å²) >= 11 is 0. The highest BCUT2D eigenvalue weighted by Gasteiger charge is 2.49. The SMILES string of the molecule is CN(C)CCCN(C)C(=O)[C@@H]1C[C@H]2CCN(C(=O)c3cnccn3)C[C@H]21. The van der Waals surface area contributed by atoms with Crippen LogP contribution in [0, 0.1) is 17.8 Å². The van der Waals surface area contributed by atoms with Crippen molar-refractivity contribution in [3.8, 4) is 0 Å². The molecule has 0 unspecified atom stereocenters. The first-order chi connectivity index (χ1) is 12.5. The van der Waals surface area contributed by atoms with Gasteiger partial charge in [-0.2, -0.15) is 0 Å². The van der Waals surface area contributed by atoms with Crippen molar-refractivity contribution in [1.29, 1.82) is 0 Å². The van der Waals surface area contributed by atoms with E-state index in [0.29, 0.717) is 18.2 Å². The smallest absolute Gasteiger partial charge is 0.274 e. The first-order valence-corrected chi connectivity index (χ1v) is 9.42. The maximum atomic E-state index is 12.8. The van der Waals surface area contributed by atoms with Gasteiger partial charge in [-0.1, -0.05) is 0 Å². The minimum absolute atomic E-state index is 0.0572. The number of fused-ring (bicyclic) bond motifs is 1. The monoisotopic (exact) mass is 359 g/mol. The van der Waals surface area contributed by atoms with Crippen LogP contribution in [0.25, 0.3) is 0 Å². The number of hydrogen-bond donors (Lipinski definition) is 0. The fourth-order valence-corrected chi connectivity index (χ4v) is 4.14. The Labute approximate surface area is 155 Å². The highest BCUT2D eigenvalue weighted by atomic mass is 16.2. The second-order valence-corrected chi connectivity index (χ2v) is 7.81. The summed E-state index contributed by atoms with van der Waals surface area (Å²) in [5, 5.41) is 0. The maximum Gasteiger partial charge on any atom is 0.274 e. The van der Waals surface area contributed by atoms with Crippen molar-refractivity contribution in [3.05, 3.63) is 24.3 Å². The summed E-state index contributed by atoms with van der Waals surface area (Å²) < 4.78 is 0. The molecule has 26 heavy (non-hydrogen) atoms. The van der Waals surface area contributed by atoms with Gasteiger partial charge < -0.3 is 14.7 Å². The van der Waals surface area contributed by atoms with Gasteiger partial charge >= 0.3 is 0 Å². The van der Waals surface area contributed by atoms with Gasteiger partial charge in [-0.05, 0) is 51.7 Å². The average molecular weight is 359 g/mol. The molecule has 7 heteroatoms. The number of carbonyl (C=O) groups is 2. The lowest BCUT2D eigenvalue weighted by Crippen LogP contribution is -2.56. The van der Waals surface area contributed by atoms with E-state index < -0.39 is 0 Å². The Kier molecular flexibility index (Phi) is 5.86. The minimum atomic E-state index is -0.0750. The molecule has 1 saturated carbocycles. The van der Waals surface area contributed by atoms with Crippen LogP contribution in [0.3, 0.4) is 0 Å². The van der Waals surface area contributed by atoms with Crippen molar-refractivity contribution >= 4 is 11.8 Å². The normalized spacial score (nSPS) is 24.8. The third kappa shape index (κ3) is 4.03. The molecular weight excluding hydrogens is 330 g/mol. The van der Waals surface area contributed by atoms with Crippen LogP contribution in [0.15, 0.2) is 18.6 Å². The van der Waals surface area contributed by atoms with Gasteiger partial charge in [0.1, 0.15) is 5.69 Å². The highest BCUT2D eigenvalue weighted by Crippen LogP contribution is 2.46. The van der Waals surface area contributed by atoms with Crippen LogP contribution in [-0.2, 0) is 4.79 Å². The number of nitrogens with zero attached hydrogens (tertiary/aromatic N) is 5. The molecule has 0 radical (unpaired) electrons. The maximum absolute atomic E-state index is 12.8. The standard InChI is InChI=1S/C19H29N5O2/c1-22(2)8-4-9-23(3)18(25)15-11-14-5-10-24(13-16(14)15)19(26)17-12-20-6-7-21-17/h6-7,12,14-16H,4-5,8-11,13H2,1-3H3/t14-,15-,16-/m1/s1. The molecule has 2 heterocycles. The zero-order valence-electron chi connectivity index (χ0n) is 16.0. The quantitative estimate of drug-likeness (QED) is 0.757. The molecule has 7 nitrogen and oxygen atoms in total. The third-order valence-electron chi connectivity index (χ3n) is 5.74. The average Bonchev–Trinajstić information content (AvgIpc) is 2.62. The van der Waals surface area contributed by atoms with Crippen molar-refractivity contribution in [1.82, 2.24) is 24.7 Å². The van der Waals surface area contributed by atoms with Gasteiger partial charge in [0.15, 0.2) is 0 Å². The topological polar surface area (TPSA) is 69.6 Å². The predicted molar refractivity (Wildman–Crippen MR) is 98.4 cm³/mol. The van der Waals surface area contributed by atoms with Gasteiger partial charge in [-0.3, -0.25) is 14.6 Å². The zero-order valence-corrected chi connectivity index (χ0v) is 16.0. The molecule has 2 aliphatic rings. The molecule has 0 bridgehead atoms. The summed E-state index contributed by atoms with van der Waals surface area (Å²) in [4.78, 5) is 39.3. The van der Waals surface area contributed by atoms with Crippen LogP contribution in [0.5, 0.6) is 0 Å². The lowest BCUT2D eigenvalue weighted by atomic mass is 9.61. The molecule has 0 aromatic carbocycles. The Morgan fingerprint density at radius 2 is 2.04 bits per heavy atom. The number of hydrogen-bond acceptors (Lipinski definition) is 5. The van der Waals surface area contributed by atoms with Gasteiger partial charge in [0.25, 0.3) is 5.91 Å². The molecule has 3 rings (SSSR count). The van der Waals surface area contributed by atoms with E-state index in [1.807, 2.05) is 30.9 Å². The van der Waals surface area contributed by atoms with Gasteiger partial charge in [-0.15, -0.1) is 0 Å². The largest absolute Gasteiger partial charge is 0.345 e. The van der Waals surface area contributed by atoms with Crippen molar-refractivity contribution in [2.75, 3.05) is 47.3 Å². The fourth-order valence-electron chi connectivity index (χ4n) is 4.14. The van der Waals surface area contributed by atoms with Crippen molar-refractivity contribution in [2.45, 2.75) is 19.3 Å². The molecule has 0 spiro atoms. The number of amides is 2. The van der Waals surface area contributed by atoms with Crippen LogP contribution >= 0.6 is 0 Å². The second kappa shape index (κ2) is 8.12. The third-order valence-corrected chi connectivity index (χ3v) is 5.74. The summed E-state index contributed by atoms with van der Waals surface area (Å²) in [6.07, 6.45) is 7.54. The number of carbonyl (C=O) groups excluding carboxylic acids is 2. The van der Waals surface area contributed by atoms with Gasteiger partial charge in [0.2, 0.25) is 5.91 Å². The van der Waals surface area contributed by atoms with Crippen molar-refractivity contribution < 1.29 is 9.59 Å². The Balaban J connectivity index is 1.55. The Morgan fingerprint density at radius 1 is 1.23 bits per heavy atom. The first kappa shape index (κ1) is 18.8. The van der Waals surface area contributed by atoms with Crippen molar-refractivity contribution in [3.63, 3.8) is 0 Å². The summed E-state index contributed by atoms with van der Waals surface area (Å²) in [5.41, 5.74) is 0.383. The fraction of sp³-hybridized carbons (Fsp3) is 0.684. The summed E-state index contributed by atoms with van der Waals surface area (Å²) in [7, 11) is 5.99. The van der Waals surface area contributed by atoms with E-state index in [9.17, 15) is 9.59 Å². The number of aromatic nitrogens is 2. The number of rotatable bonds is 6. The number of likely N-dealkylation sites (tertiary alicyclic amines) is 1. The van der Waals surface area contributed by atoms with Crippen LogP contribution in [0.2, 0.25) is 0 Å². The van der Waals surface area contributed by atoms with Gasteiger partial charge in [0, 0.05) is 45.0 Å². The van der Waals surface area contributed by atoms with E-state index in [0.717, 1.165) is 38.9 Å². The molecule has 2 amide bonds. The molecule has 1 aliphatic carbocycles. The van der Waals surface area contributed by atoms with E-state index in [4.69, 9.17) is 0 Å². The lowest BCUT2D eigenvalue weighted by Gasteiger charge is -2.50. The molecule has 2 fully saturated rings. The molecule has 0 N–H and O–H groups in total. The van der Waals surface area contributed by atoms with Gasteiger partial charge in [-0.25, -0.2) is 4.98 Å². The Bertz CT molecular complexity index is 636. The van der Waals surface area contributed by atoms with Crippen LogP contribution in [0.1, 0.15) is 29.8 Å². The van der Waals surface area contributed by atoms with E-state index >= 15 is 0 Å². The molecule has 1 aromatic heterocycles. The zero-order chi connectivity index (χ0) is 18.7. The van der Waals surface area contributed by atoms with Crippen LogP contribution in [0.4, 0.5) is 0 Å². The first-order valence-electron chi connectivity index (χ1n) is 9.42. The van der Waals surface area contributed by atoms with Gasteiger partial charge in [0.05, 0.1) is 6.20 Å². The molecule has 3 atom stereocenters. The van der Waals surface area contributed by atoms with E-state index in [1.54, 1.807) is 12.4 Å². The number of piperidine rings is 1. The minimum Gasteiger partial charge on any atom is -0.345 e. The second-order valence-electron chi connectivity index (χ2n) is 7.81. The van der Waals surface area contributed by atoms with E-state index in [2.05, 4.69) is 14.9 Å². The van der Waals surface area contributed by atoms with E-state index in [1.165, 1.54) is 6.20 Å². The molecular formula is C19H29N5O2. The Hall–Kier alpha value is -2.02. The Morgan fingerprint density at radius 3 is 2.73 bits per heavy atom.